The maximum atomic E-state index is 6.33. The van der Waals surface area contributed by atoms with Crippen LogP contribution in [0, 0.1) is 11.8 Å². The highest BCUT2D eigenvalue weighted by molar-refractivity contribution is 6.36. The van der Waals surface area contributed by atoms with Crippen LogP contribution >= 0.6 is 11.6 Å². The molecule has 1 aromatic carbocycles. The largest absolute Gasteiger partial charge is 0.155 e. The lowest BCUT2D eigenvalue weighted by molar-refractivity contribution is 0.614. The molecule has 0 fully saturated rings. The van der Waals surface area contributed by atoms with Crippen LogP contribution in [0.5, 0.6) is 0 Å². The molecule has 0 spiro atoms. The molecule has 0 radical (unpaired) electrons. The van der Waals surface area contributed by atoms with E-state index < -0.39 is 0 Å². The molecule has 3 heteroatoms. The highest BCUT2D eigenvalue weighted by Gasteiger charge is 2.05. The fourth-order valence-electron chi connectivity index (χ4n) is 2.24. The SMILES string of the molecule is CCCCCCCCC#Cc1nnc2ccccc2c1Cl. The smallest absolute Gasteiger partial charge is 0.149 e. The van der Waals surface area contributed by atoms with Gasteiger partial charge in [-0.15, -0.1) is 10.2 Å². The minimum Gasteiger partial charge on any atom is -0.149 e. The van der Waals surface area contributed by atoms with Crippen LogP contribution in [0.2, 0.25) is 5.02 Å². The van der Waals surface area contributed by atoms with Crippen LogP contribution in [-0.4, -0.2) is 10.2 Å². The number of hydrogen-bond donors (Lipinski definition) is 0. The molecule has 0 N–H and O–H groups in total. The van der Waals surface area contributed by atoms with Gasteiger partial charge in [0.2, 0.25) is 0 Å². The van der Waals surface area contributed by atoms with Crippen molar-refractivity contribution < 1.29 is 0 Å². The maximum Gasteiger partial charge on any atom is 0.155 e. The second kappa shape index (κ2) is 8.64. The van der Waals surface area contributed by atoms with Crippen molar-refractivity contribution in [3.05, 3.63) is 35.0 Å². The fraction of sp³-hybridized carbons (Fsp3) is 0.444. The molecule has 0 unspecified atom stereocenters. The number of aromatic nitrogens is 2. The van der Waals surface area contributed by atoms with Crippen molar-refractivity contribution in [3.8, 4) is 11.8 Å². The van der Waals surface area contributed by atoms with Crippen LogP contribution in [0.15, 0.2) is 24.3 Å². The average molecular weight is 301 g/mol. The summed E-state index contributed by atoms with van der Waals surface area (Å²) in [6, 6.07) is 7.73. The highest BCUT2D eigenvalue weighted by atomic mass is 35.5. The van der Waals surface area contributed by atoms with Gasteiger partial charge in [-0.3, -0.25) is 0 Å². The van der Waals surface area contributed by atoms with E-state index in [2.05, 4.69) is 29.0 Å². The second-order valence-electron chi connectivity index (χ2n) is 5.20. The molecule has 1 aromatic heterocycles. The first-order valence-corrected chi connectivity index (χ1v) is 8.10. The summed E-state index contributed by atoms with van der Waals surface area (Å²) in [5.41, 5.74) is 1.39. The molecule has 2 rings (SSSR count). The molecule has 0 amide bonds. The summed E-state index contributed by atoms with van der Waals surface area (Å²) in [6.45, 7) is 2.24. The van der Waals surface area contributed by atoms with E-state index in [1.54, 1.807) is 0 Å². The third kappa shape index (κ3) is 4.72. The van der Waals surface area contributed by atoms with E-state index in [1.807, 2.05) is 24.3 Å². The Morgan fingerprint density at radius 3 is 2.62 bits per heavy atom. The van der Waals surface area contributed by atoms with Crippen molar-refractivity contribution in [2.24, 2.45) is 0 Å². The molecular formula is C18H21ClN2. The van der Waals surface area contributed by atoms with Crippen molar-refractivity contribution in [3.63, 3.8) is 0 Å². The van der Waals surface area contributed by atoms with Gasteiger partial charge in [-0.1, -0.05) is 74.7 Å². The molecule has 2 aromatic rings. The Labute approximate surface area is 131 Å². The second-order valence-corrected chi connectivity index (χ2v) is 5.58. The van der Waals surface area contributed by atoms with Gasteiger partial charge in [0, 0.05) is 11.8 Å². The minimum atomic E-state index is 0.585. The van der Waals surface area contributed by atoms with E-state index in [-0.39, 0.29) is 0 Å². The number of benzene rings is 1. The third-order valence-electron chi connectivity index (χ3n) is 3.47. The first kappa shape index (κ1) is 15.8. The van der Waals surface area contributed by atoms with Gasteiger partial charge in [-0.25, -0.2) is 0 Å². The van der Waals surface area contributed by atoms with Crippen molar-refractivity contribution in [1.29, 1.82) is 0 Å². The van der Waals surface area contributed by atoms with Gasteiger partial charge in [0.1, 0.15) is 0 Å². The minimum absolute atomic E-state index is 0.585. The van der Waals surface area contributed by atoms with Gasteiger partial charge in [0.25, 0.3) is 0 Å². The van der Waals surface area contributed by atoms with E-state index in [4.69, 9.17) is 11.6 Å². The monoisotopic (exact) mass is 300 g/mol. The zero-order valence-corrected chi connectivity index (χ0v) is 13.3. The van der Waals surface area contributed by atoms with E-state index in [0.29, 0.717) is 10.7 Å². The summed E-state index contributed by atoms with van der Waals surface area (Å²) in [5, 5.41) is 9.79. The number of fused-ring (bicyclic) bond motifs is 1. The van der Waals surface area contributed by atoms with Gasteiger partial charge >= 0.3 is 0 Å². The standard InChI is InChI=1S/C18H21ClN2/c1-2-3-4-5-6-7-8-9-14-17-18(19)15-12-10-11-13-16(15)20-21-17/h10-13H,2-8H2,1H3. The van der Waals surface area contributed by atoms with Crippen molar-refractivity contribution in [1.82, 2.24) is 10.2 Å². The lowest BCUT2D eigenvalue weighted by atomic mass is 10.1. The molecule has 0 saturated heterocycles. The number of halogens is 1. The Kier molecular flexibility index (Phi) is 6.50. The van der Waals surface area contributed by atoms with Crippen molar-refractivity contribution >= 4 is 22.5 Å². The molecule has 1 heterocycles. The first-order chi connectivity index (χ1) is 10.3. The van der Waals surface area contributed by atoms with Crippen molar-refractivity contribution in [2.75, 3.05) is 0 Å². The molecule has 110 valence electrons. The molecular weight excluding hydrogens is 280 g/mol. The quantitative estimate of drug-likeness (QED) is 0.528. The fourth-order valence-corrected chi connectivity index (χ4v) is 2.49. The molecule has 0 saturated carbocycles. The van der Waals surface area contributed by atoms with Crippen molar-refractivity contribution in [2.45, 2.75) is 51.9 Å². The van der Waals surface area contributed by atoms with Crippen LogP contribution in [0.3, 0.4) is 0 Å². The number of rotatable bonds is 6. The van der Waals surface area contributed by atoms with E-state index in [1.165, 1.54) is 32.1 Å². The lowest BCUT2D eigenvalue weighted by Crippen LogP contribution is -1.91. The van der Waals surface area contributed by atoms with Crippen LogP contribution in [-0.2, 0) is 0 Å². The predicted molar refractivity (Wildman–Crippen MR) is 89.4 cm³/mol. The summed E-state index contributed by atoms with van der Waals surface area (Å²) in [4.78, 5) is 0. The van der Waals surface area contributed by atoms with E-state index in [0.717, 1.165) is 23.7 Å². The lowest BCUT2D eigenvalue weighted by Gasteiger charge is -2.00. The summed E-state index contributed by atoms with van der Waals surface area (Å²) in [5.74, 6) is 6.21. The van der Waals surface area contributed by atoms with Gasteiger partial charge in [0.15, 0.2) is 5.69 Å². The van der Waals surface area contributed by atoms with Crippen LogP contribution < -0.4 is 0 Å². The number of unbranched alkanes of at least 4 members (excludes halogenated alkanes) is 6. The summed E-state index contributed by atoms with van der Waals surface area (Å²) >= 11 is 6.33. The average Bonchev–Trinajstić information content (AvgIpc) is 2.52. The highest BCUT2D eigenvalue weighted by Crippen LogP contribution is 2.23. The first-order valence-electron chi connectivity index (χ1n) is 7.72. The predicted octanol–water partition coefficient (Wildman–Crippen LogP) is 5.39. The van der Waals surface area contributed by atoms with Crippen LogP contribution in [0.25, 0.3) is 10.9 Å². The van der Waals surface area contributed by atoms with Gasteiger partial charge < -0.3 is 0 Å². The molecule has 21 heavy (non-hydrogen) atoms. The van der Waals surface area contributed by atoms with Gasteiger partial charge in [0.05, 0.1) is 10.5 Å². The maximum absolute atomic E-state index is 6.33. The summed E-state index contributed by atoms with van der Waals surface area (Å²) in [7, 11) is 0. The topological polar surface area (TPSA) is 25.8 Å². The number of nitrogens with zero attached hydrogens (tertiary/aromatic N) is 2. The van der Waals surface area contributed by atoms with Gasteiger partial charge in [-0.05, 0) is 18.4 Å². The third-order valence-corrected chi connectivity index (χ3v) is 3.85. The Hall–Kier alpha value is -1.59. The molecule has 0 aliphatic rings. The molecule has 0 aliphatic carbocycles. The van der Waals surface area contributed by atoms with Gasteiger partial charge in [-0.2, -0.15) is 0 Å². The van der Waals surface area contributed by atoms with Crippen LogP contribution in [0.4, 0.5) is 0 Å². The Balaban J connectivity index is 1.89. The molecule has 2 nitrogen and oxygen atoms in total. The van der Waals surface area contributed by atoms with E-state index >= 15 is 0 Å². The van der Waals surface area contributed by atoms with E-state index in [9.17, 15) is 0 Å². The Bertz CT molecular complexity index is 640. The normalized spacial score (nSPS) is 10.4. The zero-order chi connectivity index (χ0) is 14.9. The number of hydrogen-bond acceptors (Lipinski definition) is 2. The molecule has 0 bridgehead atoms. The molecule has 0 atom stereocenters. The Morgan fingerprint density at radius 2 is 1.76 bits per heavy atom. The zero-order valence-electron chi connectivity index (χ0n) is 12.5. The molecule has 0 aliphatic heterocycles. The Morgan fingerprint density at radius 1 is 1.00 bits per heavy atom. The summed E-state index contributed by atoms with van der Waals surface area (Å²) in [6.07, 6.45) is 8.59. The van der Waals surface area contributed by atoms with Crippen LogP contribution in [0.1, 0.15) is 57.6 Å². The summed E-state index contributed by atoms with van der Waals surface area (Å²) < 4.78 is 0.